The second-order valence-corrected chi connectivity index (χ2v) is 8.47. The van der Waals surface area contributed by atoms with Gasteiger partial charge in [0, 0.05) is 17.6 Å². The fourth-order valence-corrected chi connectivity index (χ4v) is 5.38. The predicted octanol–water partition coefficient (Wildman–Crippen LogP) is 3.98. The average Bonchev–Trinajstić information content (AvgIpc) is 3.45. The van der Waals surface area contributed by atoms with Crippen molar-refractivity contribution in [1.82, 2.24) is 30.2 Å². The molecule has 0 N–H and O–H groups in total. The minimum Gasteiger partial charge on any atom is -0.376 e. The van der Waals surface area contributed by atoms with E-state index in [1.54, 1.807) is 11.3 Å². The molecule has 4 heterocycles. The zero-order valence-electron chi connectivity index (χ0n) is 15.3. The second kappa shape index (κ2) is 7.57. The lowest BCUT2D eigenvalue weighted by Gasteiger charge is -2.10. The Labute approximate surface area is 170 Å². The van der Waals surface area contributed by atoms with E-state index in [0.29, 0.717) is 6.54 Å². The number of nitrogens with zero attached hydrogens (tertiary/aromatic N) is 6. The highest BCUT2D eigenvalue weighted by Crippen LogP contribution is 2.40. The zero-order valence-corrected chi connectivity index (χ0v) is 16.9. The Morgan fingerprint density at radius 1 is 1.25 bits per heavy atom. The van der Waals surface area contributed by atoms with Crippen molar-refractivity contribution in [3.8, 4) is 11.1 Å². The minimum atomic E-state index is 0.177. The molecule has 142 valence electrons. The van der Waals surface area contributed by atoms with Crippen molar-refractivity contribution < 1.29 is 4.74 Å². The van der Waals surface area contributed by atoms with E-state index < -0.39 is 0 Å². The van der Waals surface area contributed by atoms with E-state index in [-0.39, 0.29) is 6.10 Å². The molecular formula is C19H18N6OS2. The molecule has 0 amide bonds. The molecule has 0 saturated carbocycles. The molecule has 9 heteroatoms. The van der Waals surface area contributed by atoms with Gasteiger partial charge in [-0.2, -0.15) is 0 Å². The molecule has 1 aliphatic heterocycles. The Morgan fingerprint density at radius 3 is 2.96 bits per heavy atom. The average molecular weight is 411 g/mol. The third-order valence-corrected chi connectivity index (χ3v) is 6.52. The van der Waals surface area contributed by atoms with Gasteiger partial charge in [0.1, 0.15) is 15.7 Å². The number of hydrogen-bond donors (Lipinski definition) is 0. The van der Waals surface area contributed by atoms with Crippen molar-refractivity contribution in [2.24, 2.45) is 0 Å². The molecule has 0 unspecified atom stereocenters. The van der Waals surface area contributed by atoms with Gasteiger partial charge in [-0.05, 0) is 47.5 Å². The van der Waals surface area contributed by atoms with Gasteiger partial charge in [0.2, 0.25) is 5.16 Å². The number of rotatable bonds is 5. The lowest BCUT2D eigenvalue weighted by atomic mass is 10.1. The van der Waals surface area contributed by atoms with Crippen molar-refractivity contribution in [2.75, 3.05) is 6.61 Å². The van der Waals surface area contributed by atoms with E-state index >= 15 is 0 Å². The Hall–Kier alpha value is -2.36. The van der Waals surface area contributed by atoms with Gasteiger partial charge in [-0.15, -0.1) is 16.4 Å². The maximum Gasteiger partial charge on any atom is 0.215 e. The summed E-state index contributed by atoms with van der Waals surface area (Å²) in [6.07, 6.45) is 2.32. The third-order valence-electron chi connectivity index (χ3n) is 4.68. The number of ether oxygens (including phenoxy) is 1. The molecule has 0 bridgehead atoms. The number of fused-ring (bicyclic) bond motifs is 1. The SMILES string of the molecule is Cc1nc(Sc2nnnn2C[C@@H]2CCCO2)c2c(-c3ccccc3)csc2n1. The summed E-state index contributed by atoms with van der Waals surface area (Å²) in [5.74, 6) is 0.745. The summed E-state index contributed by atoms with van der Waals surface area (Å²) >= 11 is 3.13. The molecule has 1 aromatic carbocycles. The van der Waals surface area contributed by atoms with Crippen LogP contribution in [0, 0.1) is 6.92 Å². The quantitative estimate of drug-likeness (QED) is 0.460. The van der Waals surface area contributed by atoms with Crippen LogP contribution >= 0.6 is 23.1 Å². The number of hydrogen-bond acceptors (Lipinski definition) is 8. The van der Waals surface area contributed by atoms with Gasteiger partial charge in [-0.1, -0.05) is 30.3 Å². The van der Waals surface area contributed by atoms with E-state index in [1.165, 1.54) is 11.8 Å². The van der Waals surface area contributed by atoms with E-state index in [9.17, 15) is 0 Å². The molecule has 0 aliphatic carbocycles. The molecule has 0 spiro atoms. The molecule has 1 atom stereocenters. The monoisotopic (exact) mass is 410 g/mol. The first kappa shape index (κ1) is 17.7. The summed E-state index contributed by atoms with van der Waals surface area (Å²) in [6.45, 7) is 3.40. The van der Waals surface area contributed by atoms with Gasteiger partial charge in [-0.25, -0.2) is 14.6 Å². The maximum absolute atomic E-state index is 5.74. The molecule has 1 saturated heterocycles. The van der Waals surface area contributed by atoms with Gasteiger partial charge in [0.25, 0.3) is 0 Å². The zero-order chi connectivity index (χ0) is 18.9. The highest BCUT2D eigenvalue weighted by molar-refractivity contribution is 7.99. The number of aromatic nitrogens is 6. The summed E-state index contributed by atoms with van der Waals surface area (Å²) in [7, 11) is 0. The molecule has 28 heavy (non-hydrogen) atoms. The van der Waals surface area contributed by atoms with Gasteiger partial charge in [0.05, 0.1) is 18.0 Å². The standard InChI is InChI=1S/C19H18N6OS2/c1-12-20-17-16(15(11-27-17)13-6-3-2-4-7-13)18(21-12)28-19-22-23-24-25(19)10-14-8-5-9-26-14/h2-4,6-7,11,14H,5,8-10H2,1H3/t14-/m0/s1. The smallest absolute Gasteiger partial charge is 0.215 e. The van der Waals surface area contributed by atoms with Crippen molar-refractivity contribution in [2.45, 2.75) is 42.6 Å². The van der Waals surface area contributed by atoms with Crippen LogP contribution in [0.4, 0.5) is 0 Å². The van der Waals surface area contributed by atoms with Crippen LogP contribution in [-0.2, 0) is 11.3 Å². The van der Waals surface area contributed by atoms with E-state index in [1.807, 2.05) is 29.8 Å². The van der Waals surface area contributed by atoms with Gasteiger partial charge in [-0.3, -0.25) is 0 Å². The normalized spacial score (nSPS) is 16.8. The fourth-order valence-electron chi connectivity index (χ4n) is 3.37. The number of tetrazole rings is 1. The molecular weight excluding hydrogens is 392 g/mol. The Balaban J connectivity index is 1.54. The van der Waals surface area contributed by atoms with Gasteiger partial charge >= 0.3 is 0 Å². The summed E-state index contributed by atoms with van der Waals surface area (Å²) in [4.78, 5) is 10.3. The summed E-state index contributed by atoms with van der Waals surface area (Å²) in [6, 6.07) is 10.3. The van der Waals surface area contributed by atoms with E-state index in [0.717, 1.165) is 56.8 Å². The van der Waals surface area contributed by atoms with Crippen LogP contribution < -0.4 is 0 Å². The highest BCUT2D eigenvalue weighted by atomic mass is 32.2. The Morgan fingerprint density at radius 2 is 2.14 bits per heavy atom. The third kappa shape index (κ3) is 3.41. The topological polar surface area (TPSA) is 78.6 Å². The lowest BCUT2D eigenvalue weighted by molar-refractivity contribution is 0.0912. The summed E-state index contributed by atoms with van der Waals surface area (Å²) in [5.41, 5.74) is 2.29. The van der Waals surface area contributed by atoms with Crippen LogP contribution in [0.15, 0.2) is 45.9 Å². The second-order valence-electron chi connectivity index (χ2n) is 6.65. The van der Waals surface area contributed by atoms with Gasteiger partial charge in [0.15, 0.2) is 0 Å². The van der Waals surface area contributed by atoms with E-state index in [4.69, 9.17) is 9.72 Å². The summed E-state index contributed by atoms with van der Waals surface area (Å²) < 4.78 is 7.55. The predicted molar refractivity (Wildman–Crippen MR) is 109 cm³/mol. The minimum absolute atomic E-state index is 0.177. The van der Waals surface area contributed by atoms with Crippen LogP contribution in [0.1, 0.15) is 18.7 Å². The van der Waals surface area contributed by atoms with Crippen LogP contribution in [0.5, 0.6) is 0 Å². The van der Waals surface area contributed by atoms with Crippen molar-refractivity contribution in [3.05, 3.63) is 41.5 Å². The molecule has 5 rings (SSSR count). The Bertz CT molecular complexity index is 1100. The van der Waals surface area contributed by atoms with Crippen molar-refractivity contribution in [1.29, 1.82) is 0 Å². The largest absolute Gasteiger partial charge is 0.376 e. The molecule has 7 nitrogen and oxygen atoms in total. The first-order valence-electron chi connectivity index (χ1n) is 9.15. The van der Waals surface area contributed by atoms with Crippen molar-refractivity contribution >= 4 is 33.3 Å². The molecule has 1 aliphatic rings. The lowest BCUT2D eigenvalue weighted by Crippen LogP contribution is -2.16. The van der Waals surface area contributed by atoms with Crippen LogP contribution in [0.25, 0.3) is 21.3 Å². The number of thiophene rings is 1. The van der Waals surface area contributed by atoms with E-state index in [2.05, 4.69) is 38.0 Å². The summed E-state index contributed by atoms with van der Waals surface area (Å²) in [5, 5.41) is 17.1. The molecule has 3 aromatic heterocycles. The van der Waals surface area contributed by atoms with Crippen LogP contribution in [0.2, 0.25) is 0 Å². The Kier molecular flexibility index (Phi) is 4.79. The molecule has 4 aromatic rings. The maximum atomic E-state index is 5.74. The van der Waals surface area contributed by atoms with Crippen LogP contribution in [-0.4, -0.2) is 42.9 Å². The number of benzene rings is 1. The number of aryl methyl sites for hydroxylation is 1. The fraction of sp³-hybridized carbons (Fsp3) is 0.316. The van der Waals surface area contributed by atoms with Crippen molar-refractivity contribution in [3.63, 3.8) is 0 Å². The highest BCUT2D eigenvalue weighted by Gasteiger charge is 2.21. The molecule has 0 radical (unpaired) electrons. The van der Waals surface area contributed by atoms with Gasteiger partial charge < -0.3 is 4.74 Å². The molecule has 1 fully saturated rings. The first-order valence-corrected chi connectivity index (χ1v) is 10.8. The first-order chi connectivity index (χ1) is 13.8. The van der Waals surface area contributed by atoms with Crippen LogP contribution in [0.3, 0.4) is 0 Å².